The van der Waals surface area contributed by atoms with E-state index in [0.717, 1.165) is 30.8 Å². The van der Waals surface area contributed by atoms with Crippen LogP contribution in [-0.4, -0.2) is 44.3 Å². The largest absolute Gasteiger partial charge is 0.490 e. The van der Waals surface area contributed by atoms with Crippen LogP contribution in [0.5, 0.6) is 11.5 Å². The Hall–Kier alpha value is -0.390. The van der Waals surface area contributed by atoms with E-state index in [-0.39, 0.29) is 24.8 Å². The molecule has 0 spiro atoms. The lowest BCUT2D eigenvalue weighted by atomic mass is 10.2. The number of halogens is 3. The van der Waals surface area contributed by atoms with E-state index in [4.69, 9.17) is 21.1 Å². The van der Waals surface area contributed by atoms with E-state index in [2.05, 4.69) is 24.1 Å². The number of hydrogen-bond donors (Lipinski definition) is 1. The fourth-order valence-corrected chi connectivity index (χ4v) is 3.32. The van der Waals surface area contributed by atoms with Crippen molar-refractivity contribution in [3.05, 3.63) is 22.7 Å². The van der Waals surface area contributed by atoms with Gasteiger partial charge in [0.1, 0.15) is 0 Å². The van der Waals surface area contributed by atoms with Crippen LogP contribution in [0, 0.1) is 0 Å². The summed E-state index contributed by atoms with van der Waals surface area (Å²) in [5.74, 6) is 1.38. The van der Waals surface area contributed by atoms with Gasteiger partial charge in [0.05, 0.1) is 18.2 Å². The molecule has 0 aromatic heterocycles. The summed E-state index contributed by atoms with van der Waals surface area (Å²) in [4.78, 5) is 2.61. The summed E-state index contributed by atoms with van der Waals surface area (Å²) in [6.07, 6.45) is 6.28. The van der Waals surface area contributed by atoms with Crippen molar-refractivity contribution in [2.24, 2.45) is 0 Å². The highest BCUT2D eigenvalue weighted by Crippen LogP contribution is 2.36. The van der Waals surface area contributed by atoms with E-state index < -0.39 is 0 Å². The summed E-state index contributed by atoms with van der Waals surface area (Å²) in [6, 6.07) is 4.00. The molecule has 0 radical (unpaired) electrons. The van der Waals surface area contributed by atoms with E-state index in [9.17, 15) is 0 Å². The molecule has 7 heteroatoms. The molecule has 0 aliphatic carbocycles. The minimum atomic E-state index is 0. The molecule has 4 nitrogen and oxygen atoms in total. The molecule has 0 saturated carbocycles. The second kappa shape index (κ2) is 19.6. The van der Waals surface area contributed by atoms with Gasteiger partial charge in [-0.2, -0.15) is 0 Å². The minimum Gasteiger partial charge on any atom is -0.490 e. The third-order valence-electron chi connectivity index (χ3n) is 4.47. The Morgan fingerprint density at radius 1 is 0.862 bits per heavy atom. The average Bonchev–Trinajstić information content (AvgIpc) is 2.66. The van der Waals surface area contributed by atoms with Gasteiger partial charge in [0.2, 0.25) is 0 Å². The molecule has 0 aliphatic rings. The minimum absolute atomic E-state index is 0. The van der Waals surface area contributed by atoms with Gasteiger partial charge in [-0.3, -0.25) is 0 Å². The van der Waals surface area contributed by atoms with Gasteiger partial charge in [-0.15, -0.1) is 24.8 Å². The van der Waals surface area contributed by atoms with Crippen molar-refractivity contribution in [2.45, 2.75) is 66.3 Å². The van der Waals surface area contributed by atoms with Crippen molar-refractivity contribution >= 4 is 36.4 Å². The van der Waals surface area contributed by atoms with E-state index in [0.29, 0.717) is 24.0 Å². The molecule has 0 fully saturated rings. The lowest BCUT2D eigenvalue weighted by Crippen LogP contribution is -2.29. The maximum absolute atomic E-state index is 6.39. The topological polar surface area (TPSA) is 33.7 Å². The number of rotatable bonds is 16. The first-order chi connectivity index (χ1) is 13.2. The van der Waals surface area contributed by atoms with E-state index >= 15 is 0 Å². The van der Waals surface area contributed by atoms with Crippen LogP contribution >= 0.6 is 36.4 Å². The normalized spacial score (nSPS) is 10.4. The van der Waals surface area contributed by atoms with Crippen molar-refractivity contribution in [3.63, 3.8) is 0 Å². The molecule has 0 aliphatic heterocycles. The molecule has 0 bridgehead atoms. The van der Waals surface area contributed by atoms with E-state index in [1.165, 1.54) is 45.3 Å². The van der Waals surface area contributed by atoms with Gasteiger partial charge in [0, 0.05) is 6.54 Å². The molecule has 172 valence electrons. The standard InChI is InChI=1S/C22H39ClN2O2.2ClH/c1-5-9-13-25(14-10-6-2)15-11-12-24-18-19-16-20(23)22(27-8-4)21(17-19)26-7-3;;/h16-17,24H,5-15,18H2,1-4H3;2*1H. The van der Waals surface area contributed by atoms with Crippen LogP contribution in [-0.2, 0) is 6.54 Å². The Bertz CT molecular complexity index is 511. The first kappa shape index (κ1) is 30.8. The summed E-state index contributed by atoms with van der Waals surface area (Å²) in [5.41, 5.74) is 1.13. The molecule has 1 rings (SSSR count). The van der Waals surface area contributed by atoms with Gasteiger partial charge in [-0.1, -0.05) is 38.3 Å². The lowest BCUT2D eigenvalue weighted by Gasteiger charge is -2.22. The lowest BCUT2D eigenvalue weighted by molar-refractivity contribution is 0.261. The predicted molar refractivity (Wildman–Crippen MR) is 131 cm³/mol. The summed E-state index contributed by atoms with van der Waals surface area (Å²) in [7, 11) is 0. The Morgan fingerprint density at radius 3 is 2.00 bits per heavy atom. The number of benzene rings is 1. The van der Waals surface area contributed by atoms with Crippen molar-refractivity contribution in [1.29, 1.82) is 0 Å². The summed E-state index contributed by atoms with van der Waals surface area (Å²) < 4.78 is 11.3. The molecular formula is C22H41Cl3N2O2. The third kappa shape index (κ3) is 12.8. The number of nitrogens with zero attached hydrogens (tertiary/aromatic N) is 1. The molecule has 0 atom stereocenters. The zero-order valence-electron chi connectivity index (χ0n) is 18.6. The van der Waals surface area contributed by atoms with Crippen molar-refractivity contribution in [3.8, 4) is 11.5 Å². The van der Waals surface area contributed by atoms with Crippen LogP contribution in [0.3, 0.4) is 0 Å². The van der Waals surface area contributed by atoms with Gasteiger partial charge in [-0.25, -0.2) is 0 Å². The van der Waals surface area contributed by atoms with Crippen LogP contribution in [0.1, 0.15) is 65.4 Å². The maximum atomic E-state index is 6.39. The second-order valence-electron chi connectivity index (χ2n) is 6.85. The number of hydrogen-bond acceptors (Lipinski definition) is 4. The second-order valence-corrected chi connectivity index (χ2v) is 7.26. The van der Waals surface area contributed by atoms with E-state index in [1.54, 1.807) is 0 Å². The molecule has 1 aromatic rings. The summed E-state index contributed by atoms with van der Waals surface area (Å²) >= 11 is 6.39. The van der Waals surface area contributed by atoms with E-state index in [1.807, 2.05) is 26.0 Å². The molecular weight excluding hydrogens is 431 g/mol. The molecule has 1 N–H and O–H groups in total. The van der Waals surface area contributed by atoms with Crippen molar-refractivity contribution in [1.82, 2.24) is 10.2 Å². The Kier molecular flexibility index (Phi) is 20.8. The smallest absolute Gasteiger partial charge is 0.179 e. The van der Waals surface area contributed by atoms with Crippen LogP contribution in [0.25, 0.3) is 0 Å². The van der Waals surface area contributed by atoms with Gasteiger partial charge >= 0.3 is 0 Å². The Balaban J connectivity index is 0. The average molecular weight is 472 g/mol. The number of ether oxygens (including phenoxy) is 2. The van der Waals surface area contributed by atoms with Crippen molar-refractivity contribution in [2.75, 3.05) is 39.4 Å². The van der Waals surface area contributed by atoms with Crippen LogP contribution < -0.4 is 14.8 Å². The molecule has 0 unspecified atom stereocenters. The number of unbranched alkanes of at least 4 members (excludes halogenated alkanes) is 2. The summed E-state index contributed by atoms with van der Waals surface area (Å²) in [6.45, 7) is 15.0. The van der Waals surface area contributed by atoms with Crippen LogP contribution in [0.15, 0.2) is 12.1 Å². The maximum Gasteiger partial charge on any atom is 0.179 e. The Morgan fingerprint density at radius 2 is 1.45 bits per heavy atom. The van der Waals surface area contributed by atoms with Gasteiger partial charge in [0.15, 0.2) is 11.5 Å². The predicted octanol–water partition coefficient (Wildman–Crippen LogP) is 6.36. The third-order valence-corrected chi connectivity index (χ3v) is 4.75. The fraction of sp³-hybridized carbons (Fsp3) is 0.727. The zero-order chi connectivity index (χ0) is 19.9. The first-order valence-electron chi connectivity index (χ1n) is 10.7. The number of nitrogens with one attached hydrogen (secondary N) is 1. The highest BCUT2D eigenvalue weighted by molar-refractivity contribution is 6.32. The van der Waals surface area contributed by atoms with Crippen LogP contribution in [0.2, 0.25) is 5.02 Å². The molecule has 0 heterocycles. The first-order valence-corrected chi connectivity index (χ1v) is 11.0. The summed E-state index contributed by atoms with van der Waals surface area (Å²) in [5, 5.41) is 4.15. The molecule has 29 heavy (non-hydrogen) atoms. The van der Waals surface area contributed by atoms with Crippen molar-refractivity contribution < 1.29 is 9.47 Å². The monoisotopic (exact) mass is 470 g/mol. The molecule has 1 aromatic carbocycles. The quantitative estimate of drug-likeness (QED) is 0.284. The van der Waals surface area contributed by atoms with Gasteiger partial charge in [0.25, 0.3) is 0 Å². The fourth-order valence-electron chi connectivity index (χ4n) is 3.03. The highest BCUT2D eigenvalue weighted by atomic mass is 35.5. The zero-order valence-corrected chi connectivity index (χ0v) is 21.0. The Labute approximate surface area is 195 Å². The van der Waals surface area contributed by atoms with Gasteiger partial charge in [-0.05, 0) is 77.0 Å². The van der Waals surface area contributed by atoms with Gasteiger partial charge < -0.3 is 19.7 Å². The molecule has 0 amide bonds. The highest BCUT2D eigenvalue weighted by Gasteiger charge is 2.12. The SMILES string of the molecule is CCCCN(CCCC)CCCNCc1cc(Cl)c(OCC)c(OCC)c1.Cl.Cl. The van der Waals surface area contributed by atoms with Crippen LogP contribution in [0.4, 0.5) is 0 Å². The molecule has 0 saturated heterocycles.